The Morgan fingerprint density at radius 1 is 0.912 bits per heavy atom. The summed E-state index contributed by atoms with van der Waals surface area (Å²) in [6.45, 7) is 1.96. The maximum Gasteiger partial charge on any atom is 0.411 e. The highest BCUT2D eigenvalue weighted by Gasteiger charge is 2.29. The monoisotopic (exact) mass is 458 g/mol. The Morgan fingerprint density at radius 3 is 2.12 bits per heavy atom. The summed E-state index contributed by atoms with van der Waals surface area (Å²) in [7, 11) is 0. The molecule has 34 heavy (non-hydrogen) atoms. The zero-order valence-electron chi connectivity index (χ0n) is 18.8. The van der Waals surface area contributed by atoms with Gasteiger partial charge in [-0.2, -0.15) is 0 Å². The molecule has 1 unspecified atom stereocenters. The van der Waals surface area contributed by atoms with E-state index in [4.69, 9.17) is 9.84 Å². The fourth-order valence-electron chi connectivity index (χ4n) is 4.31. The minimum atomic E-state index is -0.989. The van der Waals surface area contributed by atoms with Crippen molar-refractivity contribution in [1.29, 1.82) is 0 Å². The van der Waals surface area contributed by atoms with E-state index in [0.29, 0.717) is 12.1 Å². The van der Waals surface area contributed by atoms with E-state index in [2.05, 4.69) is 22.8 Å². The summed E-state index contributed by atoms with van der Waals surface area (Å²) in [5.74, 6) is -1.52. The number of amides is 2. The van der Waals surface area contributed by atoms with Gasteiger partial charge in [0.15, 0.2) is 0 Å². The van der Waals surface area contributed by atoms with Crippen molar-refractivity contribution < 1.29 is 24.2 Å². The number of hydrogen-bond donors (Lipinski definition) is 3. The van der Waals surface area contributed by atoms with Gasteiger partial charge in [-0.25, -0.2) is 4.79 Å². The van der Waals surface area contributed by atoms with Crippen LogP contribution in [-0.2, 0) is 9.53 Å². The third-order valence-electron chi connectivity index (χ3n) is 6.00. The number of anilines is 1. The smallest absolute Gasteiger partial charge is 0.411 e. The summed E-state index contributed by atoms with van der Waals surface area (Å²) in [4.78, 5) is 36.4. The van der Waals surface area contributed by atoms with Crippen molar-refractivity contribution in [3.05, 3.63) is 89.5 Å². The molecular weight excluding hydrogens is 432 g/mol. The Bertz CT molecular complexity index is 1180. The van der Waals surface area contributed by atoms with Crippen molar-refractivity contribution in [2.75, 3.05) is 11.9 Å². The number of carbonyl (C=O) groups excluding carboxylic acids is 2. The molecule has 0 saturated carbocycles. The lowest BCUT2D eigenvalue weighted by molar-refractivity contribution is -0.137. The number of ether oxygens (including phenoxy) is 1. The quantitative estimate of drug-likeness (QED) is 0.439. The van der Waals surface area contributed by atoms with E-state index in [1.807, 2.05) is 36.4 Å². The van der Waals surface area contributed by atoms with Gasteiger partial charge in [0.05, 0.1) is 17.7 Å². The normalized spacial score (nSPS) is 12.9. The second-order valence-corrected chi connectivity index (χ2v) is 8.17. The van der Waals surface area contributed by atoms with Crippen LogP contribution in [0.1, 0.15) is 47.2 Å². The lowest BCUT2D eigenvalue weighted by Crippen LogP contribution is -2.36. The molecule has 7 heteroatoms. The summed E-state index contributed by atoms with van der Waals surface area (Å²) >= 11 is 0. The van der Waals surface area contributed by atoms with E-state index in [1.165, 1.54) is 0 Å². The van der Waals surface area contributed by atoms with Gasteiger partial charge < -0.3 is 15.2 Å². The van der Waals surface area contributed by atoms with Crippen LogP contribution in [0.5, 0.6) is 0 Å². The van der Waals surface area contributed by atoms with Crippen LogP contribution >= 0.6 is 0 Å². The Morgan fingerprint density at radius 2 is 1.50 bits per heavy atom. The summed E-state index contributed by atoms with van der Waals surface area (Å²) in [5.41, 5.74) is 5.03. The van der Waals surface area contributed by atoms with Crippen LogP contribution in [0.4, 0.5) is 10.5 Å². The number of carboxylic acids is 1. The number of para-hydroxylation sites is 1. The number of benzene rings is 3. The molecule has 0 bridgehead atoms. The fourth-order valence-corrected chi connectivity index (χ4v) is 4.31. The first kappa shape index (κ1) is 23.0. The molecule has 3 aromatic carbocycles. The molecule has 7 nitrogen and oxygen atoms in total. The zero-order chi connectivity index (χ0) is 24.1. The first-order valence-electron chi connectivity index (χ1n) is 11.2. The lowest BCUT2D eigenvalue weighted by atomic mass is 9.98. The predicted octanol–water partition coefficient (Wildman–Crippen LogP) is 5.03. The van der Waals surface area contributed by atoms with E-state index in [0.717, 1.165) is 22.3 Å². The topological polar surface area (TPSA) is 105 Å². The highest BCUT2D eigenvalue weighted by molar-refractivity contribution is 6.02. The number of carbonyl (C=O) groups is 3. The Hall–Kier alpha value is -4.13. The molecule has 0 aliphatic heterocycles. The van der Waals surface area contributed by atoms with E-state index in [-0.39, 0.29) is 24.5 Å². The number of fused-ring (bicyclic) bond motifs is 3. The fraction of sp³-hybridized carbons (Fsp3) is 0.222. The average molecular weight is 459 g/mol. The molecule has 174 valence electrons. The maximum atomic E-state index is 12.7. The van der Waals surface area contributed by atoms with Gasteiger partial charge in [0.2, 0.25) is 0 Å². The van der Waals surface area contributed by atoms with Crippen LogP contribution < -0.4 is 10.6 Å². The molecule has 1 aliphatic carbocycles. The van der Waals surface area contributed by atoms with Gasteiger partial charge in [-0.1, -0.05) is 67.6 Å². The maximum absolute atomic E-state index is 12.7. The van der Waals surface area contributed by atoms with Gasteiger partial charge in [0, 0.05) is 12.0 Å². The van der Waals surface area contributed by atoms with Gasteiger partial charge in [-0.05, 0) is 40.8 Å². The third kappa shape index (κ3) is 4.93. The number of hydrogen-bond acceptors (Lipinski definition) is 4. The molecule has 0 heterocycles. The zero-order valence-corrected chi connectivity index (χ0v) is 18.8. The standard InChI is InChI=1S/C27H26N2O5/c1-2-17(15-25(30)31)28-26(32)22-13-7-8-14-24(22)29-27(33)34-16-23-20-11-5-3-9-18(20)19-10-4-6-12-21(19)23/h3-14,17,23H,2,15-16H2,1H3,(H,28,32)(H,29,33)(H,30,31). The van der Waals surface area contributed by atoms with Crippen LogP contribution in [-0.4, -0.2) is 35.7 Å². The van der Waals surface area contributed by atoms with Crippen molar-refractivity contribution in [2.24, 2.45) is 0 Å². The first-order valence-corrected chi connectivity index (χ1v) is 11.2. The highest BCUT2D eigenvalue weighted by Crippen LogP contribution is 2.44. The van der Waals surface area contributed by atoms with Gasteiger partial charge in [0.25, 0.3) is 5.91 Å². The van der Waals surface area contributed by atoms with Crippen LogP contribution in [0.2, 0.25) is 0 Å². The summed E-state index contributed by atoms with van der Waals surface area (Å²) in [6, 6.07) is 22.2. The van der Waals surface area contributed by atoms with Crippen molar-refractivity contribution >= 4 is 23.7 Å². The van der Waals surface area contributed by atoms with Crippen molar-refractivity contribution in [1.82, 2.24) is 5.32 Å². The van der Waals surface area contributed by atoms with Gasteiger partial charge in [-0.3, -0.25) is 14.9 Å². The molecule has 0 radical (unpaired) electrons. The number of nitrogens with one attached hydrogen (secondary N) is 2. The molecule has 0 spiro atoms. The molecule has 1 aliphatic rings. The van der Waals surface area contributed by atoms with E-state index >= 15 is 0 Å². The van der Waals surface area contributed by atoms with Gasteiger partial charge in [0.1, 0.15) is 6.61 Å². The molecule has 0 saturated heterocycles. The van der Waals surface area contributed by atoms with E-state index in [9.17, 15) is 14.4 Å². The van der Waals surface area contributed by atoms with Crippen LogP contribution in [0.25, 0.3) is 11.1 Å². The Labute approximate surface area is 197 Å². The summed E-state index contributed by atoms with van der Waals surface area (Å²) in [6.07, 6.45) is -0.371. The lowest BCUT2D eigenvalue weighted by Gasteiger charge is -2.17. The summed E-state index contributed by atoms with van der Waals surface area (Å²) < 4.78 is 5.57. The number of aliphatic carboxylic acids is 1. The highest BCUT2D eigenvalue weighted by atomic mass is 16.5. The minimum absolute atomic E-state index is 0.0713. The molecule has 0 fully saturated rings. The second-order valence-electron chi connectivity index (χ2n) is 8.17. The third-order valence-corrected chi connectivity index (χ3v) is 6.00. The molecule has 0 aromatic heterocycles. The molecule has 3 N–H and O–H groups in total. The molecular formula is C27H26N2O5. The Kier molecular flexibility index (Phi) is 6.92. The van der Waals surface area contributed by atoms with Crippen LogP contribution in [0, 0.1) is 0 Å². The largest absolute Gasteiger partial charge is 0.481 e. The Balaban J connectivity index is 1.44. The van der Waals surface area contributed by atoms with Crippen molar-refractivity contribution in [3.63, 3.8) is 0 Å². The van der Waals surface area contributed by atoms with Crippen LogP contribution in [0.3, 0.4) is 0 Å². The number of carboxylic acid groups (broad SMARTS) is 1. The van der Waals surface area contributed by atoms with Gasteiger partial charge in [-0.15, -0.1) is 0 Å². The first-order chi connectivity index (χ1) is 16.5. The molecule has 4 rings (SSSR count). The van der Waals surface area contributed by atoms with Crippen molar-refractivity contribution in [2.45, 2.75) is 31.7 Å². The summed E-state index contributed by atoms with van der Waals surface area (Å²) in [5, 5.41) is 14.4. The second kappa shape index (κ2) is 10.2. The van der Waals surface area contributed by atoms with E-state index < -0.39 is 24.0 Å². The SMILES string of the molecule is CCC(CC(=O)O)NC(=O)c1ccccc1NC(=O)OCC1c2ccccc2-c2ccccc21. The number of rotatable bonds is 8. The minimum Gasteiger partial charge on any atom is -0.481 e. The average Bonchev–Trinajstić information content (AvgIpc) is 3.16. The van der Waals surface area contributed by atoms with Gasteiger partial charge >= 0.3 is 12.1 Å². The molecule has 3 aromatic rings. The predicted molar refractivity (Wildman–Crippen MR) is 129 cm³/mol. The van der Waals surface area contributed by atoms with Crippen molar-refractivity contribution in [3.8, 4) is 11.1 Å². The van der Waals surface area contributed by atoms with Crippen LogP contribution in [0.15, 0.2) is 72.8 Å². The van der Waals surface area contributed by atoms with E-state index in [1.54, 1.807) is 31.2 Å². The molecule has 1 atom stereocenters. The molecule has 2 amide bonds.